The van der Waals surface area contributed by atoms with Crippen molar-refractivity contribution in [2.24, 2.45) is 0 Å². The maximum Gasteiger partial charge on any atom is 0.123 e. The summed E-state index contributed by atoms with van der Waals surface area (Å²) in [6.45, 7) is 4.16. The predicted molar refractivity (Wildman–Crippen MR) is 67.6 cm³/mol. The summed E-state index contributed by atoms with van der Waals surface area (Å²) in [4.78, 5) is 5.52. The number of aryl methyl sites for hydroxylation is 2. The molecule has 0 aliphatic heterocycles. The first-order chi connectivity index (χ1) is 7.74. The van der Waals surface area contributed by atoms with Gasteiger partial charge < -0.3 is 5.11 Å². The van der Waals surface area contributed by atoms with Crippen molar-refractivity contribution in [2.75, 3.05) is 0 Å². The molecule has 0 saturated carbocycles. The Bertz CT molecular complexity index is 473. The Balaban J connectivity index is 2.34. The van der Waals surface area contributed by atoms with Crippen LogP contribution < -0.4 is 0 Å². The fourth-order valence-electron chi connectivity index (χ4n) is 1.58. The van der Waals surface area contributed by atoms with Crippen molar-refractivity contribution < 1.29 is 5.11 Å². The second-order valence-corrected chi connectivity index (χ2v) is 4.93. The van der Waals surface area contributed by atoms with Gasteiger partial charge in [0.1, 0.15) is 5.01 Å². The van der Waals surface area contributed by atoms with Crippen LogP contribution in [0.4, 0.5) is 0 Å². The first-order valence-corrected chi connectivity index (χ1v) is 6.22. The third-order valence-electron chi connectivity index (χ3n) is 2.65. The standard InChI is InChI=1S/C13H15NOS/c1-3-10-4-6-11(7-5-10)13-14-12(8-15)9(2)16-13/h4-7,15H,3,8H2,1-2H3. The minimum atomic E-state index is 0.0232. The Morgan fingerprint density at radius 3 is 2.44 bits per heavy atom. The van der Waals surface area contributed by atoms with E-state index in [4.69, 9.17) is 5.11 Å². The normalized spacial score (nSPS) is 10.7. The molecule has 1 N–H and O–H groups in total. The summed E-state index contributed by atoms with van der Waals surface area (Å²) < 4.78 is 0. The molecule has 0 aliphatic rings. The third-order valence-corrected chi connectivity index (χ3v) is 3.71. The van der Waals surface area contributed by atoms with Crippen molar-refractivity contribution in [3.63, 3.8) is 0 Å². The second-order valence-electron chi connectivity index (χ2n) is 3.73. The van der Waals surface area contributed by atoms with Gasteiger partial charge in [-0.15, -0.1) is 11.3 Å². The van der Waals surface area contributed by atoms with Gasteiger partial charge in [0.05, 0.1) is 12.3 Å². The van der Waals surface area contributed by atoms with Gasteiger partial charge in [-0.25, -0.2) is 4.98 Å². The summed E-state index contributed by atoms with van der Waals surface area (Å²) in [6.07, 6.45) is 1.05. The number of thiazole rings is 1. The zero-order chi connectivity index (χ0) is 11.5. The number of benzene rings is 1. The van der Waals surface area contributed by atoms with Crippen LogP contribution in [0.3, 0.4) is 0 Å². The van der Waals surface area contributed by atoms with E-state index in [0.717, 1.165) is 27.6 Å². The summed E-state index contributed by atoms with van der Waals surface area (Å²) in [5.74, 6) is 0. The van der Waals surface area contributed by atoms with E-state index in [1.807, 2.05) is 6.92 Å². The Hall–Kier alpha value is -1.19. The molecule has 0 unspecified atom stereocenters. The van der Waals surface area contributed by atoms with Crippen molar-refractivity contribution >= 4 is 11.3 Å². The topological polar surface area (TPSA) is 33.1 Å². The molecule has 16 heavy (non-hydrogen) atoms. The average Bonchev–Trinajstić information content (AvgIpc) is 2.71. The number of aliphatic hydroxyl groups is 1. The van der Waals surface area contributed by atoms with E-state index in [1.165, 1.54) is 5.56 Å². The number of rotatable bonds is 3. The summed E-state index contributed by atoms with van der Waals surface area (Å²) in [7, 11) is 0. The Kier molecular flexibility index (Phi) is 3.36. The molecule has 0 aliphatic carbocycles. The van der Waals surface area contributed by atoms with Gasteiger partial charge in [-0.1, -0.05) is 31.2 Å². The molecule has 0 fully saturated rings. The number of hydrogen-bond donors (Lipinski definition) is 1. The molecule has 1 aromatic carbocycles. The molecule has 3 heteroatoms. The molecule has 0 atom stereocenters. The Morgan fingerprint density at radius 2 is 1.94 bits per heavy atom. The van der Waals surface area contributed by atoms with Crippen molar-refractivity contribution in [1.82, 2.24) is 4.98 Å². The van der Waals surface area contributed by atoms with Crippen LogP contribution >= 0.6 is 11.3 Å². The maximum atomic E-state index is 9.11. The molecule has 0 saturated heterocycles. The lowest BCUT2D eigenvalue weighted by Crippen LogP contribution is -1.85. The average molecular weight is 233 g/mol. The highest BCUT2D eigenvalue weighted by Gasteiger charge is 2.08. The van der Waals surface area contributed by atoms with Crippen LogP contribution in [0.2, 0.25) is 0 Å². The highest BCUT2D eigenvalue weighted by atomic mass is 32.1. The summed E-state index contributed by atoms with van der Waals surface area (Å²) >= 11 is 1.63. The molecule has 84 valence electrons. The van der Waals surface area contributed by atoms with Gasteiger partial charge >= 0.3 is 0 Å². The molecule has 1 aromatic heterocycles. The van der Waals surface area contributed by atoms with Gasteiger partial charge in [-0.05, 0) is 18.9 Å². The van der Waals surface area contributed by atoms with Crippen LogP contribution in [0.1, 0.15) is 23.1 Å². The fraction of sp³-hybridized carbons (Fsp3) is 0.308. The summed E-state index contributed by atoms with van der Waals surface area (Å²) in [5.41, 5.74) is 3.25. The Labute approximate surface area is 99.6 Å². The predicted octanol–water partition coefficient (Wildman–Crippen LogP) is 3.17. The van der Waals surface area contributed by atoms with Gasteiger partial charge in [0, 0.05) is 10.4 Å². The number of aliphatic hydroxyl groups excluding tert-OH is 1. The monoisotopic (exact) mass is 233 g/mol. The number of hydrogen-bond acceptors (Lipinski definition) is 3. The van der Waals surface area contributed by atoms with E-state index < -0.39 is 0 Å². The van der Waals surface area contributed by atoms with E-state index in [2.05, 4.69) is 36.2 Å². The highest BCUT2D eigenvalue weighted by molar-refractivity contribution is 7.15. The molecule has 0 spiro atoms. The SMILES string of the molecule is CCc1ccc(-c2nc(CO)c(C)s2)cc1. The summed E-state index contributed by atoms with van der Waals surface area (Å²) in [5, 5.41) is 10.1. The Morgan fingerprint density at radius 1 is 1.25 bits per heavy atom. The molecule has 2 nitrogen and oxygen atoms in total. The minimum absolute atomic E-state index is 0.0232. The first-order valence-electron chi connectivity index (χ1n) is 5.41. The van der Waals surface area contributed by atoms with Crippen LogP contribution in [0.5, 0.6) is 0 Å². The van der Waals surface area contributed by atoms with Gasteiger partial charge in [-0.3, -0.25) is 0 Å². The highest BCUT2D eigenvalue weighted by Crippen LogP contribution is 2.27. The minimum Gasteiger partial charge on any atom is -0.390 e. The lowest BCUT2D eigenvalue weighted by molar-refractivity contribution is 0.277. The zero-order valence-electron chi connectivity index (χ0n) is 9.53. The molecule has 1 heterocycles. The number of aromatic nitrogens is 1. The molecule has 2 rings (SSSR count). The fourth-order valence-corrected chi connectivity index (χ4v) is 2.51. The van der Waals surface area contributed by atoms with Crippen LogP contribution in [0.15, 0.2) is 24.3 Å². The molecule has 0 bridgehead atoms. The maximum absolute atomic E-state index is 9.11. The van der Waals surface area contributed by atoms with Crippen molar-refractivity contribution in [3.05, 3.63) is 40.4 Å². The quantitative estimate of drug-likeness (QED) is 0.883. The lowest BCUT2D eigenvalue weighted by atomic mass is 10.1. The molecular weight excluding hydrogens is 218 g/mol. The lowest BCUT2D eigenvalue weighted by Gasteiger charge is -1.98. The van der Waals surface area contributed by atoms with Gasteiger partial charge in [0.15, 0.2) is 0 Å². The van der Waals surface area contributed by atoms with Crippen LogP contribution in [-0.2, 0) is 13.0 Å². The molecule has 0 amide bonds. The van der Waals surface area contributed by atoms with E-state index >= 15 is 0 Å². The molecule has 0 radical (unpaired) electrons. The van der Waals surface area contributed by atoms with Crippen molar-refractivity contribution in [3.8, 4) is 10.6 Å². The van der Waals surface area contributed by atoms with E-state index in [0.29, 0.717) is 0 Å². The van der Waals surface area contributed by atoms with Crippen molar-refractivity contribution in [2.45, 2.75) is 26.9 Å². The smallest absolute Gasteiger partial charge is 0.123 e. The third kappa shape index (κ3) is 2.15. The number of nitrogens with zero attached hydrogens (tertiary/aromatic N) is 1. The second kappa shape index (κ2) is 4.76. The van der Waals surface area contributed by atoms with Crippen LogP contribution in [-0.4, -0.2) is 10.1 Å². The van der Waals surface area contributed by atoms with Gasteiger partial charge in [-0.2, -0.15) is 0 Å². The van der Waals surface area contributed by atoms with Crippen LogP contribution in [0, 0.1) is 6.92 Å². The van der Waals surface area contributed by atoms with Gasteiger partial charge in [0.2, 0.25) is 0 Å². The van der Waals surface area contributed by atoms with E-state index in [9.17, 15) is 0 Å². The van der Waals surface area contributed by atoms with E-state index in [-0.39, 0.29) is 6.61 Å². The molecular formula is C13H15NOS. The van der Waals surface area contributed by atoms with Crippen LogP contribution in [0.25, 0.3) is 10.6 Å². The van der Waals surface area contributed by atoms with E-state index in [1.54, 1.807) is 11.3 Å². The zero-order valence-corrected chi connectivity index (χ0v) is 10.3. The first kappa shape index (κ1) is 11.3. The summed E-state index contributed by atoms with van der Waals surface area (Å²) in [6, 6.07) is 8.45. The van der Waals surface area contributed by atoms with Crippen molar-refractivity contribution in [1.29, 1.82) is 0 Å². The van der Waals surface area contributed by atoms with Gasteiger partial charge in [0.25, 0.3) is 0 Å². The molecule has 2 aromatic rings. The largest absolute Gasteiger partial charge is 0.390 e.